The van der Waals surface area contributed by atoms with Crippen LogP contribution in [0, 0.1) is 0 Å². The minimum absolute atomic E-state index is 0.0814. The van der Waals surface area contributed by atoms with Gasteiger partial charge in [-0.05, 0) is 74.6 Å². The molecule has 0 aliphatic carbocycles. The molecule has 0 N–H and O–H groups in total. The van der Waals surface area contributed by atoms with Crippen LogP contribution in [0.25, 0.3) is 38.7 Å². The van der Waals surface area contributed by atoms with E-state index in [4.69, 9.17) is 9.15 Å². The second kappa shape index (κ2) is 43.3. The Morgan fingerprint density at radius 1 is 0.370 bits per heavy atom. The first kappa shape index (κ1) is 91.5. The van der Waals surface area contributed by atoms with Gasteiger partial charge in [-0.25, -0.2) is 43.6 Å². The van der Waals surface area contributed by atoms with Gasteiger partial charge in [0.05, 0.1) is 36.7 Å². The van der Waals surface area contributed by atoms with E-state index < -0.39 is 0 Å². The van der Waals surface area contributed by atoms with E-state index in [9.17, 15) is 0 Å². The van der Waals surface area contributed by atoms with E-state index in [1.165, 1.54) is 28.2 Å². The number of aromatic nitrogens is 16. The number of thiazole rings is 1. The summed E-state index contributed by atoms with van der Waals surface area (Å²) in [7, 11) is 0. The molecule has 0 spiro atoms. The zero-order chi connectivity index (χ0) is 77.0. The van der Waals surface area contributed by atoms with Gasteiger partial charge in [0.15, 0.2) is 16.3 Å². The maximum atomic E-state index is 4.70. The van der Waals surface area contributed by atoms with E-state index in [2.05, 4.69) is 234 Å². The van der Waals surface area contributed by atoms with E-state index in [1.807, 2.05) is 204 Å². The molecular weight excluding hydrogens is 1260 g/mol. The van der Waals surface area contributed by atoms with Gasteiger partial charge in [-0.2, -0.15) is 10.2 Å². The average Bonchev–Trinajstić information content (AvgIpc) is 1.66. The highest BCUT2D eigenvalue weighted by Gasteiger charge is 2.23. The van der Waals surface area contributed by atoms with Crippen molar-refractivity contribution in [2.75, 3.05) is 0 Å². The van der Waals surface area contributed by atoms with Crippen LogP contribution in [0.2, 0.25) is 0 Å². The van der Waals surface area contributed by atoms with Crippen LogP contribution in [0.15, 0.2) is 162 Å². The lowest BCUT2D eigenvalue weighted by atomic mass is 9.86. The molecule has 0 bridgehead atoms. The molecule has 0 radical (unpaired) electrons. The number of hydrogen-bond donors (Lipinski definition) is 0. The zero-order valence-electron chi connectivity index (χ0n) is 68.3. The molecule has 0 aliphatic heterocycles. The predicted octanol–water partition coefficient (Wildman–Crippen LogP) is 23.1. The van der Waals surface area contributed by atoms with Gasteiger partial charge < -0.3 is 8.92 Å². The van der Waals surface area contributed by atoms with E-state index in [1.54, 1.807) is 46.9 Å². The quantitative estimate of drug-likeness (QED) is 0.139. The van der Waals surface area contributed by atoms with Crippen LogP contribution in [-0.2, 0) is 37.9 Å². The molecule has 552 valence electrons. The molecule has 0 fully saturated rings. The summed E-state index contributed by atoms with van der Waals surface area (Å²) in [4.78, 5) is 26.8. The third-order valence-corrected chi connectivity index (χ3v) is 14.5. The van der Waals surface area contributed by atoms with Crippen LogP contribution in [-0.4, -0.2) is 77.8 Å². The summed E-state index contributed by atoms with van der Waals surface area (Å²) in [5, 5.41) is 21.9. The van der Waals surface area contributed by atoms with Crippen LogP contribution in [0.4, 0.5) is 0 Å². The fourth-order valence-electron chi connectivity index (χ4n) is 8.84. The molecule has 1 aromatic carbocycles. The zero-order valence-corrected chi connectivity index (χ0v) is 69.1. The first-order valence-corrected chi connectivity index (χ1v) is 36.8. The van der Waals surface area contributed by atoms with Gasteiger partial charge in [-0.3, -0.25) is 8.80 Å². The molecule has 0 unspecified atom stereocenters. The smallest absolute Gasteiger partial charge is 0.233 e. The van der Waals surface area contributed by atoms with Crippen molar-refractivity contribution in [3.63, 3.8) is 0 Å². The van der Waals surface area contributed by atoms with Gasteiger partial charge in [-0.15, -0.1) is 11.3 Å². The third kappa shape index (κ3) is 27.6. The second-order valence-electron chi connectivity index (χ2n) is 28.2. The Labute approximate surface area is 606 Å². The van der Waals surface area contributed by atoms with Crippen LogP contribution < -0.4 is 0 Å². The Morgan fingerprint density at radius 3 is 1.43 bits per heavy atom. The molecule has 19 heteroatoms. The average molecular weight is 1390 g/mol. The number of rotatable bonds is 0. The third-order valence-electron chi connectivity index (χ3n) is 13.7. The lowest BCUT2D eigenvalue weighted by Crippen LogP contribution is -2.15. The summed E-state index contributed by atoms with van der Waals surface area (Å²) in [6.07, 6.45) is 26.4. The maximum Gasteiger partial charge on any atom is 0.233 e. The van der Waals surface area contributed by atoms with Crippen molar-refractivity contribution in [3.8, 4) is 0 Å². The number of nitrogens with zero attached hydrogens (tertiary/aromatic N) is 16. The number of hydrogen-bond acceptors (Lipinski definition) is 14. The summed E-state index contributed by atoms with van der Waals surface area (Å²) in [5.41, 5.74) is 13.8. The number of fused-ring (bicyclic) bond motifs is 6. The minimum atomic E-state index is 0.0814. The fourth-order valence-corrected chi connectivity index (χ4v) is 9.53. The Balaban J connectivity index is 0.00000111. The summed E-state index contributed by atoms with van der Waals surface area (Å²) in [6.45, 7) is 73.5. The number of benzene rings is 1. The van der Waals surface area contributed by atoms with Crippen molar-refractivity contribution >= 4 is 50.1 Å². The summed E-state index contributed by atoms with van der Waals surface area (Å²) < 4.78 is 19.4. The van der Waals surface area contributed by atoms with E-state index >= 15 is 0 Å². The van der Waals surface area contributed by atoms with Crippen LogP contribution in [0.1, 0.15) is 282 Å². The van der Waals surface area contributed by atoms with E-state index in [0.717, 1.165) is 50.0 Å². The Kier molecular flexibility index (Phi) is 39.6. The van der Waals surface area contributed by atoms with Crippen LogP contribution in [0.5, 0.6) is 0 Å². The molecule has 0 aliphatic rings. The van der Waals surface area contributed by atoms with Crippen LogP contribution >= 0.6 is 11.3 Å². The normalized spacial score (nSPS) is 10.9. The fraction of sp³-hybridized carbons (Fsp3) is 0.519. The first-order chi connectivity index (χ1) is 47.1. The monoisotopic (exact) mass is 1390 g/mol. The lowest BCUT2D eigenvalue weighted by molar-refractivity contribution is 0.315. The van der Waals surface area contributed by atoms with Gasteiger partial charge in [-0.1, -0.05) is 266 Å². The van der Waals surface area contributed by atoms with Crippen molar-refractivity contribution in [1.82, 2.24) is 77.8 Å². The molecule has 0 atom stereocenters. The predicted molar refractivity (Wildman–Crippen MR) is 426 cm³/mol. The van der Waals surface area contributed by atoms with Gasteiger partial charge >= 0.3 is 0 Å². The second-order valence-corrected chi connectivity index (χ2v) is 29.1. The molecule has 18 nitrogen and oxygen atoms in total. The Hall–Kier alpha value is -8.45. The van der Waals surface area contributed by atoms with Gasteiger partial charge in [0.2, 0.25) is 5.78 Å². The molecule has 12 aromatic heterocycles. The van der Waals surface area contributed by atoms with Gasteiger partial charge in [0.25, 0.3) is 0 Å². The largest absolute Gasteiger partial charge is 0.364 e. The highest BCUT2D eigenvalue weighted by molar-refractivity contribution is 7.15. The summed E-state index contributed by atoms with van der Waals surface area (Å²) in [5.74, 6) is 0.771. The molecule has 0 amide bonds. The molecular formula is C81H130N16O2S. The standard InChI is InChI=1S/C11H14N2.3C10H13N3.C10H12N2O.C9H12N2S.C7H11NO.7C2H6/c1-11(2,3)9-8-12-10-6-4-5-7-13(9)10;1-10(2,3)8-7-12-9-11-5-4-6-13(8)9;1-10(2,3)8-7-12-13-6-4-5-11-9(8)13;1-10(2,3)8-7-11-9-5-4-6-12-13(8)9;1-10(2,3)7-5-4-6-8-9(7)12-13-11-8;1-9(2,3)7-6-10-8-11(7)4-5-12-8;1-7(2,3)6-4-8-9-5-6;7*1-2/h4-8H,1-3H3;3*4-7H,1-3H3;4-6H,1-3H3;4-6H,1-3H3;4-5H,1-3H3;7*1-2H3. The highest BCUT2D eigenvalue weighted by atomic mass is 32.1. The number of pyridine rings is 1. The van der Waals surface area contributed by atoms with E-state index in [0.29, 0.717) is 0 Å². The molecule has 13 rings (SSSR count). The van der Waals surface area contributed by atoms with Crippen molar-refractivity contribution in [2.24, 2.45) is 0 Å². The minimum Gasteiger partial charge on any atom is -0.364 e. The van der Waals surface area contributed by atoms with Gasteiger partial charge in [0, 0.05) is 105 Å². The molecule has 0 saturated heterocycles. The maximum absolute atomic E-state index is 4.70. The van der Waals surface area contributed by atoms with Crippen molar-refractivity contribution in [3.05, 3.63) is 192 Å². The molecule has 0 saturated carbocycles. The first-order valence-electron chi connectivity index (χ1n) is 36.0. The topological polar surface area (TPSA) is 190 Å². The highest BCUT2D eigenvalue weighted by Crippen LogP contribution is 2.30. The SMILES string of the molecule is CC.CC.CC.CC.CC.CC.CC.CC(C)(C)c1cccc2nonc12.CC(C)(C)c1cnc2ccccn12.CC(C)(C)c1cnc2cccnn12.CC(C)(C)c1cnc2ncccn12.CC(C)(C)c1cnc2sccn12.CC(C)(C)c1cnn2cccnc12.CC(C)(C)c1cnoc1. The molecule has 13 aromatic rings. The van der Waals surface area contributed by atoms with Crippen molar-refractivity contribution in [1.29, 1.82) is 0 Å². The van der Waals surface area contributed by atoms with E-state index in [-0.39, 0.29) is 37.9 Å². The van der Waals surface area contributed by atoms with Crippen molar-refractivity contribution < 1.29 is 9.15 Å². The van der Waals surface area contributed by atoms with Crippen LogP contribution in [0.3, 0.4) is 0 Å². The molecule has 100 heavy (non-hydrogen) atoms. The Morgan fingerprint density at radius 2 is 0.880 bits per heavy atom. The summed E-state index contributed by atoms with van der Waals surface area (Å²) >= 11 is 1.68. The lowest BCUT2D eigenvalue weighted by Gasteiger charge is -2.18. The number of imidazole rings is 4. The Bertz CT molecular complexity index is 3850. The molecule has 12 heterocycles. The van der Waals surface area contributed by atoms with Crippen molar-refractivity contribution in [2.45, 2.75) is 280 Å². The van der Waals surface area contributed by atoms with Gasteiger partial charge in [0.1, 0.15) is 22.9 Å². The summed E-state index contributed by atoms with van der Waals surface area (Å²) in [6, 6.07) is 19.7.